The van der Waals surface area contributed by atoms with Gasteiger partial charge in [0, 0.05) is 12.0 Å². The fourth-order valence-electron chi connectivity index (χ4n) is 0.270. The van der Waals surface area contributed by atoms with Crippen LogP contribution in [0.15, 0.2) is 11.6 Å². The molecule has 46 valence electrons. The van der Waals surface area contributed by atoms with Crippen LogP contribution in [-0.4, -0.2) is 11.1 Å². The Bertz CT molecular complexity index is 98.6. The van der Waals surface area contributed by atoms with Crippen molar-refractivity contribution in [2.45, 2.75) is 12.8 Å². The van der Waals surface area contributed by atoms with Crippen LogP contribution >= 0.6 is 11.6 Å². The molecule has 0 rings (SSSR count). The summed E-state index contributed by atoms with van der Waals surface area (Å²) in [4.78, 5) is 9.80. The summed E-state index contributed by atoms with van der Waals surface area (Å²) in [5, 5.41) is 8.06. The van der Waals surface area contributed by atoms with Crippen molar-refractivity contribution >= 4 is 17.6 Å². The number of aliphatic carboxylic acids is 1. The fourth-order valence-corrected chi connectivity index (χ4v) is 0.396. The van der Waals surface area contributed by atoms with Gasteiger partial charge in [0.2, 0.25) is 0 Å². The van der Waals surface area contributed by atoms with Crippen LogP contribution in [0.3, 0.4) is 0 Å². The first-order chi connectivity index (χ1) is 3.77. The van der Waals surface area contributed by atoms with Crippen molar-refractivity contribution in [3.63, 3.8) is 0 Å². The smallest absolute Gasteiger partial charge is 0.303 e. The molecule has 0 aliphatic rings. The molecule has 8 heavy (non-hydrogen) atoms. The predicted molar refractivity (Wildman–Crippen MR) is 31.9 cm³/mol. The Morgan fingerprint density at radius 3 is 2.75 bits per heavy atom. The Hall–Kier alpha value is -0.500. The van der Waals surface area contributed by atoms with E-state index in [-0.39, 0.29) is 6.42 Å². The highest BCUT2D eigenvalue weighted by Crippen LogP contribution is 1.90. The summed E-state index contributed by atoms with van der Waals surface area (Å²) < 4.78 is 0. The Morgan fingerprint density at radius 1 is 1.75 bits per heavy atom. The first-order valence-electron chi connectivity index (χ1n) is 2.24. The normalized spacial score (nSPS) is 10.1. The van der Waals surface area contributed by atoms with Crippen LogP contribution in [0.1, 0.15) is 12.8 Å². The number of halogens is 1. The van der Waals surface area contributed by atoms with E-state index in [0.717, 1.165) is 0 Å². The second-order valence-corrected chi connectivity index (χ2v) is 1.55. The summed E-state index contributed by atoms with van der Waals surface area (Å²) in [6.07, 6.45) is 2.28. The third-order valence-corrected chi connectivity index (χ3v) is 0.792. The second kappa shape index (κ2) is 4.65. The maximum Gasteiger partial charge on any atom is 0.303 e. The van der Waals surface area contributed by atoms with E-state index in [1.807, 2.05) is 0 Å². The zero-order valence-electron chi connectivity index (χ0n) is 4.30. The molecule has 1 N–H and O–H groups in total. The largest absolute Gasteiger partial charge is 0.481 e. The van der Waals surface area contributed by atoms with E-state index in [1.165, 1.54) is 5.54 Å². The molecule has 0 bridgehead atoms. The minimum atomic E-state index is -0.792. The lowest BCUT2D eigenvalue weighted by Crippen LogP contribution is -1.91. The van der Waals surface area contributed by atoms with Crippen molar-refractivity contribution in [2.75, 3.05) is 0 Å². The van der Waals surface area contributed by atoms with E-state index < -0.39 is 5.97 Å². The molecule has 0 aromatic rings. The average molecular weight is 135 g/mol. The number of hydrogen-bond donors (Lipinski definition) is 1. The van der Waals surface area contributed by atoms with E-state index in [1.54, 1.807) is 6.08 Å². The highest BCUT2D eigenvalue weighted by Gasteiger charge is 1.90. The number of carboxylic acid groups (broad SMARTS) is 1. The molecule has 0 radical (unpaired) electrons. The van der Waals surface area contributed by atoms with Gasteiger partial charge in [-0.1, -0.05) is 17.7 Å². The number of hydrogen-bond acceptors (Lipinski definition) is 1. The minimum absolute atomic E-state index is 0.156. The molecule has 0 fully saturated rings. The van der Waals surface area contributed by atoms with Crippen LogP contribution in [0, 0.1) is 0 Å². The zero-order chi connectivity index (χ0) is 6.41. The molecular formula is C5H7ClO2. The number of rotatable bonds is 3. The lowest BCUT2D eigenvalue weighted by atomic mass is 10.3. The van der Waals surface area contributed by atoms with Gasteiger partial charge < -0.3 is 5.11 Å². The fraction of sp³-hybridized carbons (Fsp3) is 0.400. The highest BCUT2D eigenvalue weighted by atomic mass is 35.5. The summed E-state index contributed by atoms with van der Waals surface area (Å²) in [6.45, 7) is 0. The van der Waals surface area contributed by atoms with Crippen LogP contribution in [-0.2, 0) is 4.79 Å². The predicted octanol–water partition coefficient (Wildman–Crippen LogP) is 1.60. The third-order valence-electron chi connectivity index (χ3n) is 0.614. The van der Waals surface area contributed by atoms with Gasteiger partial charge in [-0.2, -0.15) is 0 Å². The third kappa shape index (κ3) is 5.50. The highest BCUT2D eigenvalue weighted by molar-refractivity contribution is 6.25. The monoisotopic (exact) mass is 134 g/mol. The van der Waals surface area contributed by atoms with Crippen LogP contribution in [0.2, 0.25) is 0 Å². The van der Waals surface area contributed by atoms with Gasteiger partial charge in [-0.15, -0.1) is 0 Å². The van der Waals surface area contributed by atoms with E-state index in [4.69, 9.17) is 16.7 Å². The van der Waals surface area contributed by atoms with Gasteiger partial charge in [-0.05, 0) is 6.42 Å². The maximum atomic E-state index is 9.80. The molecule has 0 amide bonds. The lowest BCUT2D eigenvalue weighted by molar-refractivity contribution is -0.136. The van der Waals surface area contributed by atoms with Gasteiger partial charge in [0.05, 0.1) is 0 Å². The van der Waals surface area contributed by atoms with Crippen LogP contribution < -0.4 is 0 Å². The Balaban J connectivity index is 3.05. The van der Waals surface area contributed by atoms with Crippen LogP contribution in [0.25, 0.3) is 0 Å². The molecule has 0 spiro atoms. The second-order valence-electron chi connectivity index (χ2n) is 1.29. The summed E-state index contributed by atoms with van der Waals surface area (Å²) >= 11 is 5.11. The van der Waals surface area contributed by atoms with Gasteiger partial charge in [-0.25, -0.2) is 0 Å². The van der Waals surface area contributed by atoms with E-state index >= 15 is 0 Å². The van der Waals surface area contributed by atoms with Gasteiger partial charge in [0.1, 0.15) is 0 Å². The molecule has 0 saturated heterocycles. The standard InChI is InChI=1S/C5H7ClO2/c6-4-2-1-3-5(7)8/h2,4H,1,3H2,(H,7,8). The van der Waals surface area contributed by atoms with Crippen LogP contribution in [0.4, 0.5) is 0 Å². The van der Waals surface area contributed by atoms with Crippen molar-refractivity contribution in [1.29, 1.82) is 0 Å². The Labute approximate surface area is 52.8 Å². The molecule has 0 heterocycles. The quantitative estimate of drug-likeness (QED) is 0.637. The molecule has 0 unspecified atom stereocenters. The topological polar surface area (TPSA) is 37.3 Å². The van der Waals surface area contributed by atoms with Gasteiger partial charge in [-0.3, -0.25) is 4.79 Å². The Morgan fingerprint density at radius 2 is 2.38 bits per heavy atom. The van der Waals surface area contributed by atoms with E-state index in [9.17, 15) is 4.79 Å². The maximum absolute atomic E-state index is 9.80. The molecule has 0 atom stereocenters. The summed E-state index contributed by atoms with van der Waals surface area (Å²) in [5.41, 5.74) is 1.32. The number of allylic oxidation sites excluding steroid dienone is 1. The molecular weight excluding hydrogens is 128 g/mol. The van der Waals surface area contributed by atoms with Crippen molar-refractivity contribution in [3.8, 4) is 0 Å². The molecule has 0 saturated carbocycles. The first kappa shape index (κ1) is 7.50. The van der Waals surface area contributed by atoms with Gasteiger partial charge in [0.15, 0.2) is 0 Å². The minimum Gasteiger partial charge on any atom is -0.481 e. The van der Waals surface area contributed by atoms with E-state index in [2.05, 4.69) is 0 Å². The summed E-state index contributed by atoms with van der Waals surface area (Å²) in [7, 11) is 0. The van der Waals surface area contributed by atoms with Crippen molar-refractivity contribution < 1.29 is 9.90 Å². The molecule has 0 aliphatic carbocycles. The lowest BCUT2D eigenvalue weighted by Gasteiger charge is -1.83. The molecule has 0 aromatic carbocycles. The van der Waals surface area contributed by atoms with Gasteiger partial charge >= 0.3 is 5.97 Å². The molecule has 2 nitrogen and oxygen atoms in total. The van der Waals surface area contributed by atoms with E-state index in [0.29, 0.717) is 6.42 Å². The summed E-state index contributed by atoms with van der Waals surface area (Å²) in [6, 6.07) is 0. The van der Waals surface area contributed by atoms with Crippen LogP contribution in [0.5, 0.6) is 0 Å². The number of carboxylic acids is 1. The van der Waals surface area contributed by atoms with Crippen molar-refractivity contribution in [1.82, 2.24) is 0 Å². The van der Waals surface area contributed by atoms with Gasteiger partial charge in [0.25, 0.3) is 0 Å². The summed E-state index contributed by atoms with van der Waals surface area (Å²) in [5.74, 6) is -0.792. The SMILES string of the molecule is O=C(O)CCC=CCl. The zero-order valence-corrected chi connectivity index (χ0v) is 5.06. The molecule has 3 heteroatoms. The van der Waals surface area contributed by atoms with Crippen molar-refractivity contribution in [2.24, 2.45) is 0 Å². The molecule has 0 aliphatic heterocycles. The van der Waals surface area contributed by atoms with Crippen molar-refractivity contribution in [3.05, 3.63) is 11.6 Å². The molecule has 0 aromatic heterocycles. The average Bonchev–Trinajstić information content (AvgIpc) is 1.66. The number of carbonyl (C=O) groups is 1. The first-order valence-corrected chi connectivity index (χ1v) is 2.68. The Kier molecular flexibility index (Phi) is 4.36.